The van der Waals surface area contributed by atoms with Crippen LogP contribution in [-0.2, 0) is 0 Å². The van der Waals surface area contributed by atoms with Crippen molar-refractivity contribution in [1.82, 2.24) is 10.6 Å². The molecule has 2 fully saturated rings. The van der Waals surface area contributed by atoms with Crippen LogP contribution in [0.3, 0.4) is 0 Å². The van der Waals surface area contributed by atoms with Crippen molar-refractivity contribution in [3.8, 4) is 0 Å². The Balaban J connectivity index is 1.38. The van der Waals surface area contributed by atoms with Gasteiger partial charge in [-0.2, -0.15) is 0 Å². The zero-order valence-electron chi connectivity index (χ0n) is 9.39. The van der Waals surface area contributed by atoms with Gasteiger partial charge in [-0.05, 0) is 57.5 Å². The van der Waals surface area contributed by atoms with Crippen molar-refractivity contribution >= 4 is 0 Å². The lowest BCUT2D eigenvalue weighted by atomic mass is 10.1. The summed E-state index contributed by atoms with van der Waals surface area (Å²) in [4.78, 5) is 0. The van der Waals surface area contributed by atoms with Crippen LogP contribution in [-0.4, -0.2) is 25.2 Å². The van der Waals surface area contributed by atoms with Gasteiger partial charge in [0.05, 0.1) is 0 Å². The van der Waals surface area contributed by atoms with Gasteiger partial charge in [-0.3, -0.25) is 0 Å². The first-order valence-electron chi connectivity index (χ1n) is 6.31. The number of rotatable bonds is 8. The van der Waals surface area contributed by atoms with E-state index in [9.17, 15) is 0 Å². The monoisotopic (exact) mass is 196 g/mol. The molecule has 1 unspecified atom stereocenters. The largest absolute Gasteiger partial charge is 0.314 e. The second kappa shape index (κ2) is 5.13. The summed E-state index contributed by atoms with van der Waals surface area (Å²) in [6.45, 7) is 4.83. The predicted octanol–water partition coefficient (Wildman–Crippen LogP) is 1.91. The highest BCUT2D eigenvalue weighted by Crippen LogP contribution is 2.20. The van der Waals surface area contributed by atoms with Crippen molar-refractivity contribution in [3.05, 3.63) is 0 Å². The van der Waals surface area contributed by atoms with Gasteiger partial charge >= 0.3 is 0 Å². The first kappa shape index (κ1) is 10.4. The Kier molecular flexibility index (Phi) is 3.82. The van der Waals surface area contributed by atoms with Gasteiger partial charge in [-0.25, -0.2) is 0 Å². The number of hydrogen-bond donors (Lipinski definition) is 2. The topological polar surface area (TPSA) is 24.1 Å². The summed E-state index contributed by atoms with van der Waals surface area (Å²) in [5.74, 6) is 0.858. The maximum absolute atomic E-state index is 3.60. The lowest BCUT2D eigenvalue weighted by molar-refractivity contribution is 0.455. The van der Waals surface area contributed by atoms with Gasteiger partial charge in [0.1, 0.15) is 0 Å². The Morgan fingerprint density at radius 2 is 1.71 bits per heavy atom. The van der Waals surface area contributed by atoms with E-state index in [0.717, 1.165) is 18.0 Å². The van der Waals surface area contributed by atoms with Gasteiger partial charge in [-0.1, -0.05) is 6.92 Å². The highest BCUT2D eigenvalue weighted by molar-refractivity contribution is 4.82. The van der Waals surface area contributed by atoms with E-state index in [-0.39, 0.29) is 0 Å². The van der Waals surface area contributed by atoms with Crippen molar-refractivity contribution < 1.29 is 0 Å². The van der Waals surface area contributed by atoms with Crippen molar-refractivity contribution in [3.63, 3.8) is 0 Å². The average Bonchev–Trinajstić information content (AvgIpc) is 3.02. The molecule has 1 atom stereocenters. The third-order valence-electron chi connectivity index (χ3n) is 3.22. The van der Waals surface area contributed by atoms with Crippen LogP contribution in [0.1, 0.15) is 45.4 Å². The fourth-order valence-electron chi connectivity index (χ4n) is 1.80. The van der Waals surface area contributed by atoms with E-state index in [1.54, 1.807) is 0 Å². The highest BCUT2D eigenvalue weighted by atomic mass is 14.9. The lowest BCUT2D eigenvalue weighted by Gasteiger charge is -2.12. The lowest BCUT2D eigenvalue weighted by Crippen LogP contribution is -2.24. The fraction of sp³-hybridized carbons (Fsp3) is 1.00. The van der Waals surface area contributed by atoms with E-state index in [2.05, 4.69) is 17.6 Å². The van der Waals surface area contributed by atoms with Crippen molar-refractivity contribution in [2.45, 2.75) is 57.5 Å². The molecule has 0 aromatic rings. The Morgan fingerprint density at radius 1 is 1.07 bits per heavy atom. The van der Waals surface area contributed by atoms with Gasteiger partial charge in [0.2, 0.25) is 0 Å². The summed E-state index contributed by atoms with van der Waals surface area (Å²) in [5, 5.41) is 7.17. The summed E-state index contributed by atoms with van der Waals surface area (Å²) in [6.07, 6.45) is 8.38. The Bertz CT molecular complexity index is 162. The van der Waals surface area contributed by atoms with Crippen LogP contribution < -0.4 is 10.6 Å². The van der Waals surface area contributed by atoms with Crippen LogP contribution in [0.25, 0.3) is 0 Å². The maximum atomic E-state index is 3.60. The molecule has 14 heavy (non-hydrogen) atoms. The minimum absolute atomic E-state index is 0.858. The molecule has 2 aliphatic carbocycles. The van der Waals surface area contributed by atoms with E-state index in [0.29, 0.717) is 0 Å². The molecule has 0 heterocycles. The molecule has 0 radical (unpaired) electrons. The molecule has 0 amide bonds. The van der Waals surface area contributed by atoms with Crippen molar-refractivity contribution in [1.29, 1.82) is 0 Å². The van der Waals surface area contributed by atoms with Gasteiger partial charge in [-0.15, -0.1) is 0 Å². The molecule has 2 nitrogen and oxygen atoms in total. The minimum atomic E-state index is 0.858. The zero-order valence-corrected chi connectivity index (χ0v) is 9.39. The zero-order chi connectivity index (χ0) is 9.80. The molecule has 0 spiro atoms. The van der Waals surface area contributed by atoms with Gasteiger partial charge < -0.3 is 10.6 Å². The minimum Gasteiger partial charge on any atom is -0.314 e. The first-order valence-corrected chi connectivity index (χ1v) is 6.31. The molecule has 2 N–H and O–H groups in total. The Hall–Kier alpha value is -0.0800. The van der Waals surface area contributed by atoms with Crippen LogP contribution >= 0.6 is 0 Å². The van der Waals surface area contributed by atoms with Crippen LogP contribution in [0.15, 0.2) is 0 Å². The predicted molar refractivity (Wildman–Crippen MR) is 60.4 cm³/mol. The first-order chi connectivity index (χ1) is 6.84. The second-order valence-electron chi connectivity index (χ2n) is 5.16. The molecule has 82 valence electrons. The Labute approximate surface area is 87.8 Å². The molecule has 2 saturated carbocycles. The molecule has 2 aliphatic rings. The highest BCUT2D eigenvalue weighted by Gasteiger charge is 2.21. The van der Waals surface area contributed by atoms with Crippen LogP contribution in [0, 0.1) is 5.92 Å². The quantitative estimate of drug-likeness (QED) is 0.579. The molecular weight excluding hydrogens is 172 g/mol. The molecule has 0 aliphatic heterocycles. The standard InChI is InChI=1S/C12H24N2/c1-10(9-14-12-6-7-12)3-2-8-13-11-4-5-11/h10-14H,2-9H2,1H3. The molecule has 0 bridgehead atoms. The summed E-state index contributed by atoms with van der Waals surface area (Å²) in [5.41, 5.74) is 0. The van der Waals surface area contributed by atoms with Crippen LogP contribution in [0.2, 0.25) is 0 Å². The normalized spacial score (nSPS) is 23.8. The molecule has 0 saturated heterocycles. The van der Waals surface area contributed by atoms with E-state index in [1.807, 2.05) is 0 Å². The summed E-state index contributed by atoms with van der Waals surface area (Å²) >= 11 is 0. The Morgan fingerprint density at radius 3 is 2.36 bits per heavy atom. The smallest absolute Gasteiger partial charge is 0.00683 e. The van der Waals surface area contributed by atoms with Crippen LogP contribution in [0.4, 0.5) is 0 Å². The molecular formula is C12H24N2. The summed E-state index contributed by atoms with van der Waals surface area (Å²) in [7, 11) is 0. The van der Waals surface area contributed by atoms with Gasteiger partial charge in [0.15, 0.2) is 0 Å². The summed E-state index contributed by atoms with van der Waals surface area (Å²) < 4.78 is 0. The van der Waals surface area contributed by atoms with Crippen molar-refractivity contribution in [2.75, 3.05) is 13.1 Å². The van der Waals surface area contributed by atoms with E-state index in [1.165, 1.54) is 51.6 Å². The number of hydrogen-bond acceptors (Lipinski definition) is 2. The fourth-order valence-corrected chi connectivity index (χ4v) is 1.80. The maximum Gasteiger partial charge on any atom is 0.00683 e. The molecule has 0 aromatic heterocycles. The van der Waals surface area contributed by atoms with E-state index >= 15 is 0 Å². The van der Waals surface area contributed by atoms with Crippen LogP contribution in [0.5, 0.6) is 0 Å². The summed E-state index contributed by atoms with van der Waals surface area (Å²) in [6, 6.07) is 1.76. The second-order valence-corrected chi connectivity index (χ2v) is 5.16. The van der Waals surface area contributed by atoms with Gasteiger partial charge in [0.25, 0.3) is 0 Å². The SMILES string of the molecule is CC(CCCNC1CC1)CNC1CC1. The average molecular weight is 196 g/mol. The molecule has 2 rings (SSSR count). The van der Waals surface area contributed by atoms with Crippen molar-refractivity contribution in [2.24, 2.45) is 5.92 Å². The number of nitrogens with one attached hydrogen (secondary N) is 2. The van der Waals surface area contributed by atoms with E-state index in [4.69, 9.17) is 0 Å². The van der Waals surface area contributed by atoms with Gasteiger partial charge in [0, 0.05) is 12.1 Å². The third kappa shape index (κ3) is 4.43. The van der Waals surface area contributed by atoms with E-state index < -0.39 is 0 Å². The molecule has 0 aromatic carbocycles. The third-order valence-corrected chi connectivity index (χ3v) is 3.22. The molecule has 2 heteroatoms.